The van der Waals surface area contributed by atoms with Crippen LogP contribution in [0.25, 0.3) is 11.1 Å². The predicted molar refractivity (Wildman–Crippen MR) is 98.2 cm³/mol. The molecule has 0 bridgehead atoms. The Bertz CT molecular complexity index is 631. The zero-order chi connectivity index (χ0) is 16.6. The van der Waals surface area contributed by atoms with E-state index < -0.39 is 0 Å². The van der Waals surface area contributed by atoms with Gasteiger partial charge in [0.25, 0.3) is 5.91 Å². The van der Waals surface area contributed by atoms with Gasteiger partial charge in [0.15, 0.2) is 0 Å². The maximum atomic E-state index is 12.2. The number of carbonyl (C=O) groups is 1. The van der Waals surface area contributed by atoms with E-state index in [4.69, 9.17) is 0 Å². The topological polar surface area (TPSA) is 33.5 Å². The Morgan fingerprint density at radius 1 is 0.875 bits per heavy atom. The molecule has 3 nitrogen and oxygen atoms in total. The summed E-state index contributed by atoms with van der Waals surface area (Å²) in [6, 6.07) is 18.1. The van der Waals surface area contributed by atoms with Gasteiger partial charge >= 0.3 is 0 Å². The fraction of sp³-hybridized carbons (Fsp3) is 0.381. The number of hydrogen-bond donors (Lipinski definition) is 2. The second kappa shape index (κ2) is 8.65. The summed E-state index contributed by atoms with van der Waals surface area (Å²) in [6.45, 7) is 4.54. The molecule has 0 radical (unpaired) electrons. The van der Waals surface area contributed by atoms with E-state index in [1.54, 1.807) is 4.90 Å². The highest BCUT2D eigenvalue weighted by atomic mass is 16.1. The van der Waals surface area contributed by atoms with Crippen molar-refractivity contribution in [1.29, 1.82) is 0 Å². The van der Waals surface area contributed by atoms with Crippen molar-refractivity contribution in [2.24, 2.45) is 0 Å². The van der Waals surface area contributed by atoms with Crippen molar-refractivity contribution < 1.29 is 9.69 Å². The van der Waals surface area contributed by atoms with Gasteiger partial charge in [0, 0.05) is 18.5 Å². The minimum atomic E-state index is 0.0308. The largest absolute Gasteiger partial charge is 0.352 e. The van der Waals surface area contributed by atoms with E-state index in [0.29, 0.717) is 0 Å². The van der Waals surface area contributed by atoms with Gasteiger partial charge in [0.05, 0.1) is 19.6 Å². The van der Waals surface area contributed by atoms with E-state index >= 15 is 0 Å². The molecule has 0 saturated carbocycles. The van der Waals surface area contributed by atoms with Crippen LogP contribution in [0.15, 0.2) is 54.6 Å². The second-order valence-electron chi connectivity index (χ2n) is 6.61. The van der Waals surface area contributed by atoms with Gasteiger partial charge in [-0.15, -0.1) is 0 Å². The number of likely N-dealkylation sites (tertiary alicyclic amines) is 1. The first-order chi connectivity index (χ1) is 11.8. The molecule has 2 aromatic carbocycles. The third-order valence-electron chi connectivity index (χ3n) is 4.81. The van der Waals surface area contributed by atoms with Gasteiger partial charge in [0.1, 0.15) is 0 Å². The minimum absolute atomic E-state index is 0.0308. The molecule has 0 unspecified atom stereocenters. The Kier molecular flexibility index (Phi) is 6.02. The summed E-state index contributed by atoms with van der Waals surface area (Å²) < 4.78 is 0. The molecule has 0 spiro atoms. The minimum Gasteiger partial charge on any atom is -0.352 e. The van der Waals surface area contributed by atoms with Crippen LogP contribution in [-0.4, -0.2) is 32.1 Å². The summed E-state index contributed by atoms with van der Waals surface area (Å²) in [5.41, 5.74) is 3.05. The highest BCUT2D eigenvalue weighted by Crippen LogP contribution is 2.19. The molecule has 0 atom stereocenters. The Hall–Kier alpha value is -2.13. The van der Waals surface area contributed by atoms with E-state index in [2.05, 4.69) is 17.4 Å². The molecule has 1 aliphatic rings. The number of nitrogens with one attached hydrogen (secondary N) is 2. The van der Waals surface area contributed by atoms with Crippen molar-refractivity contribution in [1.82, 2.24) is 5.32 Å². The van der Waals surface area contributed by atoms with Crippen LogP contribution in [-0.2, 0) is 0 Å². The molecular formula is C21H27N2O+. The van der Waals surface area contributed by atoms with Gasteiger partial charge in [0.2, 0.25) is 0 Å². The Morgan fingerprint density at radius 2 is 1.54 bits per heavy atom. The van der Waals surface area contributed by atoms with E-state index in [-0.39, 0.29) is 5.91 Å². The van der Waals surface area contributed by atoms with Crippen LogP contribution in [0.3, 0.4) is 0 Å². The molecule has 1 heterocycles. The van der Waals surface area contributed by atoms with Gasteiger partial charge in [-0.3, -0.25) is 4.79 Å². The van der Waals surface area contributed by atoms with Crippen LogP contribution < -0.4 is 10.2 Å². The first-order valence-corrected chi connectivity index (χ1v) is 9.10. The molecule has 0 aromatic heterocycles. The highest BCUT2D eigenvalue weighted by Gasteiger charge is 2.13. The second-order valence-corrected chi connectivity index (χ2v) is 6.61. The first-order valence-electron chi connectivity index (χ1n) is 9.10. The molecule has 3 heteroatoms. The van der Waals surface area contributed by atoms with E-state index in [9.17, 15) is 4.79 Å². The number of amides is 1. The van der Waals surface area contributed by atoms with Gasteiger partial charge in [-0.25, -0.2) is 0 Å². The average Bonchev–Trinajstić information content (AvgIpc) is 2.67. The molecule has 1 fully saturated rings. The molecule has 0 aliphatic carbocycles. The lowest BCUT2D eigenvalue weighted by atomic mass is 10.0. The number of quaternary nitrogens is 1. The molecule has 3 rings (SSSR count). The Labute approximate surface area is 144 Å². The number of rotatable bonds is 6. The van der Waals surface area contributed by atoms with Crippen LogP contribution in [0.1, 0.15) is 36.0 Å². The lowest BCUT2D eigenvalue weighted by Crippen LogP contribution is -3.12. The van der Waals surface area contributed by atoms with Crippen molar-refractivity contribution in [3.63, 3.8) is 0 Å². The van der Waals surface area contributed by atoms with E-state index in [1.807, 2.05) is 42.5 Å². The fourth-order valence-electron chi connectivity index (χ4n) is 3.39. The van der Waals surface area contributed by atoms with Crippen LogP contribution in [0, 0.1) is 0 Å². The molecule has 1 aliphatic heterocycles. The van der Waals surface area contributed by atoms with E-state index in [0.717, 1.165) is 24.1 Å². The predicted octanol–water partition coefficient (Wildman–Crippen LogP) is 2.54. The van der Waals surface area contributed by atoms with Gasteiger partial charge in [-0.1, -0.05) is 42.5 Å². The van der Waals surface area contributed by atoms with Crippen molar-refractivity contribution >= 4 is 5.91 Å². The zero-order valence-corrected chi connectivity index (χ0v) is 14.3. The summed E-state index contributed by atoms with van der Waals surface area (Å²) in [4.78, 5) is 13.9. The summed E-state index contributed by atoms with van der Waals surface area (Å²) in [7, 11) is 0. The maximum Gasteiger partial charge on any atom is 0.251 e. The molecule has 1 amide bonds. The summed E-state index contributed by atoms with van der Waals surface area (Å²) in [6.07, 6.45) is 5.16. The molecule has 2 aromatic rings. The molecule has 2 N–H and O–H groups in total. The van der Waals surface area contributed by atoms with Crippen molar-refractivity contribution in [3.05, 3.63) is 60.2 Å². The SMILES string of the molecule is O=C(NCCC[NH+]1CCCCC1)c1ccc(-c2ccccc2)cc1. The van der Waals surface area contributed by atoms with Crippen molar-refractivity contribution in [3.8, 4) is 11.1 Å². The van der Waals surface area contributed by atoms with Crippen LogP contribution in [0.4, 0.5) is 0 Å². The molecule has 24 heavy (non-hydrogen) atoms. The number of carbonyl (C=O) groups excluding carboxylic acids is 1. The molecule has 126 valence electrons. The Morgan fingerprint density at radius 3 is 2.25 bits per heavy atom. The van der Waals surface area contributed by atoms with Gasteiger partial charge in [-0.2, -0.15) is 0 Å². The smallest absolute Gasteiger partial charge is 0.251 e. The molecular weight excluding hydrogens is 296 g/mol. The Balaban J connectivity index is 1.45. The maximum absolute atomic E-state index is 12.2. The average molecular weight is 323 g/mol. The van der Waals surface area contributed by atoms with Crippen molar-refractivity contribution in [2.45, 2.75) is 25.7 Å². The quantitative estimate of drug-likeness (QED) is 0.787. The lowest BCUT2D eigenvalue weighted by molar-refractivity contribution is -0.904. The molecule has 1 saturated heterocycles. The first kappa shape index (κ1) is 16.7. The number of piperidine rings is 1. The van der Waals surface area contributed by atoms with Crippen LogP contribution >= 0.6 is 0 Å². The lowest BCUT2D eigenvalue weighted by Gasteiger charge is -2.23. The number of hydrogen-bond acceptors (Lipinski definition) is 1. The standard InChI is InChI=1S/C21H26N2O/c24-21(22-14-7-17-23-15-5-2-6-16-23)20-12-10-19(11-13-20)18-8-3-1-4-9-18/h1,3-4,8-13H,2,5-7,14-17H2,(H,22,24)/p+1. The highest BCUT2D eigenvalue weighted by molar-refractivity contribution is 5.94. The monoisotopic (exact) mass is 323 g/mol. The third kappa shape index (κ3) is 4.68. The third-order valence-corrected chi connectivity index (χ3v) is 4.81. The van der Waals surface area contributed by atoms with E-state index in [1.165, 1.54) is 44.5 Å². The summed E-state index contributed by atoms with van der Waals surface area (Å²) in [5, 5.41) is 3.05. The fourth-order valence-corrected chi connectivity index (χ4v) is 3.39. The number of benzene rings is 2. The van der Waals surface area contributed by atoms with Crippen LogP contribution in [0.5, 0.6) is 0 Å². The van der Waals surface area contributed by atoms with Gasteiger partial charge < -0.3 is 10.2 Å². The normalized spacial score (nSPS) is 15.2. The summed E-state index contributed by atoms with van der Waals surface area (Å²) in [5.74, 6) is 0.0308. The summed E-state index contributed by atoms with van der Waals surface area (Å²) >= 11 is 0. The van der Waals surface area contributed by atoms with Crippen molar-refractivity contribution in [2.75, 3.05) is 26.2 Å². The van der Waals surface area contributed by atoms with Crippen LogP contribution in [0.2, 0.25) is 0 Å². The van der Waals surface area contributed by atoms with Gasteiger partial charge in [-0.05, 0) is 42.5 Å². The zero-order valence-electron chi connectivity index (χ0n) is 14.3.